The van der Waals surface area contributed by atoms with E-state index >= 15 is 0 Å². The molecule has 0 spiro atoms. The van der Waals surface area contributed by atoms with Crippen LogP contribution in [0, 0.1) is 0 Å². The van der Waals surface area contributed by atoms with Gasteiger partial charge in [0.05, 0.1) is 32.1 Å². The Kier molecular flexibility index (Phi) is 5.10. The van der Waals surface area contributed by atoms with Crippen LogP contribution < -0.4 is 0 Å². The van der Waals surface area contributed by atoms with Crippen LogP contribution >= 0.6 is 0 Å². The monoisotopic (exact) mass is 326 g/mol. The van der Waals surface area contributed by atoms with Crippen molar-refractivity contribution >= 4 is 10.0 Å². The summed E-state index contributed by atoms with van der Waals surface area (Å²) in [5, 5.41) is 0. The van der Waals surface area contributed by atoms with Gasteiger partial charge in [-0.3, -0.25) is 9.74 Å². The quantitative estimate of drug-likeness (QED) is 0.807. The van der Waals surface area contributed by atoms with E-state index in [1.165, 1.54) is 0 Å². The van der Waals surface area contributed by atoms with Crippen LogP contribution in [0.4, 0.5) is 0 Å². The first-order valence-corrected chi connectivity index (χ1v) is 9.26. The summed E-state index contributed by atoms with van der Waals surface area (Å²) in [6.07, 6.45) is 0.615. The standard InChI is InChI=1S/C15H22N2O4S/c18-22(19,11-3-6-16-7-9-20-10-8-16)17-12-14-4-1-2-5-15(14)13-21-17/h1-2,4-5H,3,6-13H2. The van der Waals surface area contributed by atoms with Gasteiger partial charge in [0.2, 0.25) is 10.0 Å². The molecular weight excluding hydrogens is 304 g/mol. The van der Waals surface area contributed by atoms with E-state index in [-0.39, 0.29) is 5.75 Å². The molecule has 0 atom stereocenters. The molecule has 2 aliphatic heterocycles. The number of benzene rings is 1. The molecule has 2 heterocycles. The Morgan fingerprint density at radius 1 is 1.09 bits per heavy atom. The van der Waals surface area contributed by atoms with Crippen molar-refractivity contribution < 1.29 is 18.0 Å². The number of hydrogen-bond donors (Lipinski definition) is 0. The van der Waals surface area contributed by atoms with Gasteiger partial charge in [-0.05, 0) is 24.1 Å². The van der Waals surface area contributed by atoms with Crippen molar-refractivity contribution in [2.45, 2.75) is 19.6 Å². The Hall–Kier alpha value is -0.990. The Balaban J connectivity index is 1.52. The zero-order valence-corrected chi connectivity index (χ0v) is 13.4. The average molecular weight is 326 g/mol. The number of sulfonamides is 1. The zero-order valence-electron chi connectivity index (χ0n) is 12.6. The molecule has 22 heavy (non-hydrogen) atoms. The summed E-state index contributed by atoms with van der Waals surface area (Å²) >= 11 is 0. The topological polar surface area (TPSA) is 59.1 Å². The minimum absolute atomic E-state index is 0.118. The minimum atomic E-state index is -3.37. The number of hydrogen-bond acceptors (Lipinski definition) is 5. The average Bonchev–Trinajstić information content (AvgIpc) is 2.55. The molecular formula is C15H22N2O4S. The molecule has 0 saturated carbocycles. The van der Waals surface area contributed by atoms with Gasteiger partial charge in [-0.15, -0.1) is 0 Å². The molecule has 2 aliphatic rings. The van der Waals surface area contributed by atoms with Gasteiger partial charge in [0.25, 0.3) is 0 Å². The molecule has 1 saturated heterocycles. The predicted octanol–water partition coefficient (Wildman–Crippen LogP) is 0.986. The molecule has 1 fully saturated rings. The first-order chi connectivity index (χ1) is 10.6. The molecule has 1 aromatic rings. The van der Waals surface area contributed by atoms with Crippen LogP contribution in [0.2, 0.25) is 0 Å². The van der Waals surface area contributed by atoms with Crippen LogP contribution in [0.5, 0.6) is 0 Å². The second-order valence-electron chi connectivity index (χ2n) is 5.63. The van der Waals surface area contributed by atoms with Gasteiger partial charge in [-0.1, -0.05) is 28.7 Å². The van der Waals surface area contributed by atoms with Crippen molar-refractivity contribution in [2.75, 3.05) is 38.6 Å². The molecule has 0 aromatic heterocycles. The van der Waals surface area contributed by atoms with Crippen LogP contribution in [0.1, 0.15) is 17.5 Å². The summed E-state index contributed by atoms with van der Waals surface area (Å²) in [4.78, 5) is 7.66. The van der Waals surface area contributed by atoms with Crippen molar-refractivity contribution in [1.82, 2.24) is 9.37 Å². The molecule has 0 aliphatic carbocycles. The highest BCUT2D eigenvalue weighted by Gasteiger charge is 2.27. The van der Waals surface area contributed by atoms with Gasteiger partial charge in [-0.2, -0.15) is 0 Å². The maximum atomic E-state index is 12.4. The maximum absolute atomic E-state index is 12.4. The summed E-state index contributed by atoms with van der Waals surface area (Å²) in [6.45, 7) is 4.64. The molecule has 7 heteroatoms. The first kappa shape index (κ1) is 15.9. The molecule has 6 nitrogen and oxygen atoms in total. The van der Waals surface area contributed by atoms with Crippen molar-refractivity contribution in [3.05, 3.63) is 35.4 Å². The minimum Gasteiger partial charge on any atom is -0.379 e. The summed E-state index contributed by atoms with van der Waals surface area (Å²) in [7, 11) is -3.37. The lowest BCUT2D eigenvalue weighted by Crippen LogP contribution is -2.39. The van der Waals surface area contributed by atoms with Crippen LogP contribution in [0.15, 0.2) is 24.3 Å². The summed E-state index contributed by atoms with van der Waals surface area (Å²) in [6, 6.07) is 7.79. The largest absolute Gasteiger partial charge is 0.379 e. The highest BCUT2D eigenvalue weighted by Crippen LogP contribution is 2.22. The Morgan fingerprint density at radius 3 is 2.59 bits per heavy atom. The molecule has 0 radical (unpaired) electrons. The van der Waals surface area contributed by atoms with Gasteiger partial charge in [-0.25, -0.2) is 8.42 Å². The molecule has 1 aromatic carbocycles. The second kappa shape index (κ2) is 7.06. The van der Waals surface area contributed by atoms with E-state index in [9.17, 15) is 8.42 Å². The summed E-state index contributed by atoms with van der Waals surface area (Å²) < 4.78 is 31.2. The molecule has 0 amide bonds. The Labute approximate surface area is 131 Å². The number of rotatable bonds is 5. The lowest BCUT2D eigenvalue weighted by atomic mass is 10.1. The second-order valence-corrected chi connectivity index (χ2v) is 7.61. The van der Waals surface area contributed by atoms with Gasteiger partial charge in [0.1, 0.15) is 0 Å². The highest BCUT2D eigenvalue weighted by atomic mass is 32.2. The fourth-order valence-electron chi connectivity index (χ4n) is 2.75. The van der Waals surface area contributed by atoms with Crippen LogP contribution in [0.25, 0.3) is 0 Å². The Morgan fingerprint density at radius 2 is 1.82 bits per heavy atom. The number of ether oxygens (including phenoxy) is 1. The summed E-state index contributed by atoms with van der Waals surface area (Å²) in [5.41, 5.74) is 2.08. The highest BCUT2D eigenvalue weighted by molar-refractivity contribution is 7.88. The van der Waals surface area contributed by atoms with Crippen molar-refractivity contribution in [3.63, 3.8) is 0 Å². The lowest BCUT2D eigenvalue weighted by Gasteiger charge is -2.29. The van der Waals surface area contributed by atoms with Gasteiger partial charge < -0.3 is 4.74 Å². The van der Waals surface area contributed by atoms with Crippen molar-refractivity contribution in [2.24, 2.45) is 0 Å². The third kappa shape index (κ3) is 3.85. The van der Waals surface area contributed by atoms with E-state index < -0.39 is 10.0 Å². The van der Waals surface area contributed by atoms with E-state index in [2.05, 4.69) is 4.90 Å². The van der Waals surface area contributed by atoms with Gasteiger partial charge in [0, 0.05) is 13.1 Å². The lowest BCUT2D eigenvalue weighted by molar-refractivity contribution is -0.114. The van der Waals surface area contributed by atoms with E-state index in [4.69, 9.17) is 9.57 Å². The van der Waals surface area contributed by atoms with E-state index in [1.807, 2.05) is 24.3 Å². The molecule has 0 unspecified atom stereocenters. The Bertz CT molecular complexity index is 599. The maximum Gasteiger partial charge on any atom is 0.236 e. The van der Waals surface area contributed by atoms with E-state index in [0.29, 0.717) is 19.6 Å². The van der Waals surface area contributed by atoms with Gasteiger partial charge in [0.15, 0.2) is 0 Å². The van der Waals surface area contributed by atoms with Crippen molar-refractivity contribution in [1.29, 1.82) is 0 Å². The van der Waals surface area contributed by atoms with Crippen LogP contribution in [0.3, 0.4) is 0 Å². The number of hydroxylamine groups is 1. The van der Waals surface area contributed by atoms with Crippen LogP contribution in [-0.4, -0.2) is 56.4 Å². The van der Waals surface area contributed by atoms with E-state index in [1.54, 1.807) is 0 Å². The number of fused-ring (bicyclic) bond motifs is 1. The molecule has 0 N–H and O–H groups in total. The zero-order chi connectivity index (χ0) is 15.4. The third-order valence-corrected chi connectivity index (χ3v) is 5.73. The number of nitrogens with zero attached hydrogens (tertiary/aromatic N) is 2. The SMILES string of the molecule is O=S(=O)(CCCN1CCOCC1)N1Cc2ccccc2CO1. The predicted molar refractivity (Wildman–Crippen MR) is 82.4 cm³/mol. The fourth-order valence-corrected chi connectivity index (χ4v) is 4.00. The first-order valence-electron chi connectivity index (χ1n) is 7.65. The third-order valence-electron chi connectivity index (χ3n) is 4.07. The van der Waals surface area contributed by atoms with Crippen molar-refractivity contribution in [3.8, 4) is 0 Å². The molecule has 3 rings (SSSR count). The number of morpholine rings is 1. The van der Waals surface area contributed by atoms with Crippen LogP contribution in [-0.2, 0) is 32.7 Å². The normalized spacial score (nSPS) is 20.7. The fraction of sp³-hybridized carbons (Fsp3) is 0.600. The summed E-state index contributed by atoms with van der Waals surface area (Å²) in [5.74, 6) is 0.118. The van der Waals surface area contributed by atoms with E-state index in [0.717, 1.165) is 48.4 Å². The molecule has 122 valence electrons. The smallest absolute Gasteiger partial charge is 0.236 e. The molecule has 0 bridgehead atoms. The van der Waals surface area contributed by atoms with Gasteiger partial charge >= 0.3 is 0 Å².